The second-order valence-electron chi connectivity index (χ2n) is 6.54. The van der Waals surface area contributed by atoms with Crippen LogP contribution in [0.4, 0.5) is 17.2 Å². The molecule has 4 rings (SSSR count). The highest BCUT2D eigenvalue weighted by atomic mass is 16.7. The summed E-state index contributed by atoms with van der Waals surface area (Å²) in [5.74, 6) is 1.45. The Morgan fingerprint density at radius 3 is 2.75 bits per heavy atom. The molecule has 0 unspecified atom stereocenters. The maximum absolute atomic E-state index is 12.5. The second-order valence-corrected chi connectivity index (χ2v) is 6.54. The van der Waals surface area contributed by atoms with Crippen molar-refractivity contribution < 1.29 is 14.3 Å². The Bertz CT molecular complexity index is 1020. The number of benzene rings is 2. The van der Waals surface area contributed by atoms with Gasteiger partial charge in [0.05, 0.1) is 11.9 Å². The number of pyridine rings is 1. The fraction of sp³-hybridized carbons (Fsp3) is 0.182. The molecule has 1 amide bonds. The van der Waals surface area contributed by atoms with Crippen molar-refractivity contribution in [1.29, 1.82) is 0 Å². The largest absolute Gasteiger partial charge is 0.454 e. The lowest BCUT2D eigenvalue weighted by molar-refractivity contribution is 0.102. The van der Waals surface area contributed by atoms with Gasteiger partial charge in [0.2, 0.25) is 6.79 Å². The second kappa shape index (κ2) is 7.60. The first-order chi connectivity index (χ1) is 13.6. The number of amides is 1. The number of ether oxygens (including phenoxy) is 2. The number of carbonyl (C=O) groups excluding carboxylic acids is 1. The number of anilines is 3. The van der Waals surface area contributed by atoms with E-state index in [0.717, 1.165) is 17.8 Å². The molecule has 1 aliphatic heterocycles. The van der Waals surface area contributed by atoms with Crippen LogP contribution in [0.2, 0.25) is 0 Å². The zero-order valence-corrected chi connectivity index (χ0v) is 15.8. The number of rotatable bonds is 5. The summed E-state index contributed by atoms with van der Waals surface area (Å²) in [5, 5.41) is 6.23. The average Bonchev–Trinajstić information content (AvgIpc) is 3.18. The van der Waals surface area contributed by atoms with E-state index in [1.807, 2.05) is 6.07 Å². The van der Waals surface area contributed by atoms with Crippen LogP contribution in [0.5, 0.6) is 11.5 Å². The van der Waals surface area contributed by atoms with Crippen molar-refractivity contribution in [1.82, 2.24) is 4.98 Å². The zero-order chi connectivity index (χ0) is 19.5. The van der Waals surface area contributed by atoms with Crippen molar-refractivity contribution in [2.75, 3.05) is 17.4 Å². The summed E-state index contributed by atoms with van der Waals surface area (Å²) in [5.41, 5.74) is 4.88. The first-order valence-electron chi connectivity index (χ1n) is 9.16. The Morgan fingerprint density at radius 1 is 1.11 bits per heavy atom. The van der Waals surface area contributed by atoms with Crippen LogP contribution in [0, 0.1) is 6.92 Å². The molecule has 0 atom stereocenters. The molecule has 28 heavy (non-hydrogen) atoms. The van der Waals surface area contributed by atoms with Crippen LogP contribution in [-0.2, 0) is 6.42 Å². The summed E-state index contributed by atoms with van der Waals surface area (Å²) < 4.78 is 10.6. The number of carbonyl (C=O) groups is 1. The monoisotopic (exact) mass is 375 g/mol. The molecule has 2 aromatic carbocycles. The van der Waals surface area contributed by atoms with Crippen LogP contribution < -0.4 is 20.1 Å². The van der Waals surface area contributed by atoms with Crippen LogP contribution in [0.3, 0.4) is 0 Å². The first-order valence-corrected chi connectivity index (χ1v) is 9.16. The SMILES string of the molecule is CCc1cccc(C)c1Nc1ccc(NC(=O)c2ccc3c(c2)OCO3)nc1. The van der Waals surface area contributed by atoms with Gasteiger partial charge in [0.15, 0.2) is 11.5 Å². The summed E-state index contributed by atoms with van der Waals surface area (Å²) in [4.78, 5) is 16.8. The topological polar surface area (TPSA) is 72.5 Å². The summed E-state index contributed by atoms with van der Waals surface area (Å²) in [6.45, 7) is 4.39. The van der Waals surface area contributed by atoms with Crippen molar-refractivity contribution in [3.8, 4) is 11.5 Å². The number of aromatic nitrogens is 1. The van der Waals surface area contributed by atoms with E-state index < -0.39 is 0 Å². The van der Waals surface area contributed by atoms with E-state index in [4.69, 9.17) is 9.47 Å². The van der Waals surface area contributed by atoms with Gasteiger partial charge in [0.1, 0.15) is 5.82 Å². The lowest BCUT2D eigenvalue weighted by Crippen LogP contribution is -2.12. The van der Waals surface area contributed by atoms with Crippen molar-refractivity contribution >= 4 is 23.1 Å². The molecule has 6 heteroatoms. The lowest BCUT2D eigenvalue weighted by Gasteiger charge is -2.14. The molecule has 0 saturated heterocycles. The quantitative estimate of drug-likeness (QED) is 0.678. The molecular formula is C22H21N3O3. The Kier molecular flexibility index (Phi) is 4.85. The number of nitrogens with zero attached hydrogens (tertiary/aromatic N) is 1. The maximum atomic E-state index is 12.5. The number of fused-ring (bicyclic) bond motifs is 1. The van der Waals surface area contributed by atoms with Crippen LogP contribution in [0.1, 0.15) is 28.4 Å². The molecular weight excluding hydrogens is 354 g/mol. The highest BCUT2D eigenvalue weighted by Crippen LogP contribution is 2.32. The van der Waals surface area contributed by atoms with Gasteiger partial charge in [-0.3, -0.25) is 4.79 Å². The van der Waals surface area contributed by atoms with Gasteiger partial charge < -0.3 is 20.1 Å². The molecule has 0 bridgehead atoms. The van der Waals surface area contributed by atoms with Gasteiger partial charge >= 0.3 is 0 Å². The summed E-state index contributed by atoms with van der Waals surface area (Å²) >= 11 is 0. The molecule has 0 aliphatic carbocycles. The number of para-hydroxylation sites is 1. The predicted octanol–water partition coefficient (Wildman–Crippen LogP) is 4.68. The number of nitrogens with one attached hydrogen (secondary N) is 2. The minimum absolute atomic E-state index is 0.178. The Hall–Kier alpha value is -3.54. The van der Waals surface area contributed by atoms with Crippen molar-refractivity contribution in [3.05, 3.63) is 71.4 Å². The smallest absolute Gasteiger partial charge is 0.256 e. The summed E-state index contributed by atoms with van der Waals surface area (Å²) in [7, 11) is 0. The van der Waals surface area contributed by atoms with Gasteiger partial charge in [0, 0.05) is 11.3 Å². The highest BCUT2D eigenvalue weighted by Gasteiger charge is 2.16. The normalized spacial score (nSPS) is 11.9. The minimum Gasteiger partial charge on any atom is -0.454 e. The number of aryl methyl sites for hydroxylation is 2. The van der Waals surface area contributed by atoms with E-state index in [0.29, 0.717) is 22.9 Å². The molecule has 1 aromatic heterocycles. The summed E-state index contributed by atoms with van der Waals surface area (Å²) in [6, 6.07) is 15.0. The Labute approximate surface area is 163 Å². The first kappa shape index (κ1) is 17.9. The van der Waals surface area contributed by atoms with Gasteiger partial charge in [-0.15, -0.1) is 0 Å². The fourth-order valence-electron chi connectivity index (χ4n) is 3.11. The third-order valence-corrected chi connectivity index (χ3v) is 4.65. The molecule has 0 fully saturated rings. The van der Waals surface area contributed by atoms with E-state index >= 15 is 0 Å². The molecule has 2 heterocycles. The fourth-order valence-corrected chi connectivity index (χ4v) is 3.11. The van der Waals surface area contributed by atoms with Gasteiger partial charge in [-0.25, -0.2) is 4.98 Å². The van der Waals surface area contributed by atoms with E-state index in [2.05, 4.69) is 47.7 Å². The maximum Gasteiger partial charge on any atom is 0.256 e. The van der Waals surface area contributed by atoms with Crippen molar-refractivity contribution in [3.63, 3.8) is 0 Å². The van der Waals surface area contributed by atoms with Crippen molar-refractivity contribution in [2.45, 2.75) is 20.3 Å². The third-order valence-electron chi connectivity index (χ3n) is 4.65. The van der Waals surface area contributed by atoms with Crippen LogP contribution in [-0.4, -0.2) is 17.7 Å². The molecule has 142 valence electrons. The Balaban J connectivity index is 1.46. The minimum atomic E-state index is -0.251. The highest BCUT2D eigenvalue weighted by molar-refractivity contribution is 6.04. The molecule has 0 spiro atoms. The van der Waals surface area contributed by atoms with Gasteiger partial charge in [-0.2, -0.15) is 0 Å². The van der Waals surface area contributed by atoms with E-state index in [1.165, 1.54) is 11.1 Å². The van der Waals surface area contributed by atoms with Gasteiger partial charge in [-0.05, 0) is 54.8 Å². The molecule has 6 nitrogen and oxygen atoms in total. The molecule has 2 N–H and O–H groups in total. The number of hydrogen-bond donors (Lipinski definition) is 2. The molecule has 0 radical (unpaired) electrons. The van der Waals surface area contributed by atoms with E-state index in [1.54, 1.807) is 30.5 Å². The van der Waals surface area contributed by atoms with Crippen LogP contribution >= 0.6 is 0 Å². The molecule has 1 aliphatic rings. The average molecular weight is 375 g/mol. The Morgan fingerprint density at radius 2 is 1.96 bits per heavy atom. The zero-order valence-electron chi connectivity index (χ0n) is 15.8. The molecule has 3 aromatic rings. The molecule has 0 saturated carbocycles. The van der Waals surface area contributed by atoms with Gasteiger partial charge in [0.25, 0.3) is 5.91 Å². The van der Waals surface area contributed by atoms with Gasteiger partial charge in [-0.1, -0.05) is 25.1 Å². The number of hydrogen-bond acceptors (Lipinski definition) is 5. The summed E-state index contributed by atoms with van der Waals surface area (Å²) in [6.07, 6.45) is 2.66. The van der Waals surface area contributed by atoms with Crippen LogP contribution in [0.25, 0.3) is 0 Å². The van der Waals surface area contributed by atoms with Crippen LogP contribution in [0.15, 0.2) is 54.7 Å². The lowest BCUT2D eigenvalue weighted by atomic mass is 10.1. The third kappa shape index (κ3) is 3.62. The predicted molar refractivity (Wildman–Crippen MR) is 109 cm³/mol. The van der Waals surface area contributed by atoms with E-state index in [-0.39, 0.29) is 12.7 Å². The van der Waals surface area contributed by atoms with Crippen molar-refractivity contribution in [2.24, 2.45) is 0 Å². The standard InChI is InChI=1S/C22H21N3O3/c1-3-15-6-4-5-14(2)21(15)24-17-8-10-20(23-12-17)25-22(26)16-7-9-18-19(11-16)28-13-27-18/h4-12,24H,3,13H2,1-2H3,(H,23,25,26). The van der Waals surface area contributed by atoms with E-state index in [9.17, 15) is 4.79 Å².